The van der Waals surface area contributed by atoms with Gasteiger partial charge in [-0.05, 0) is 51.8 Å². The van der Waals surface area contributed by atoms with Gasteiger partial charge in [0.05, 0.1) is 10.7 Å². The Morgan fingerprint density at radius 1 is 1.06 bits per heavy atom. The van der Waals surface area contributed by atoms with Crippen molar-refractivity contribution < 1.29 is 9.59 Å². The molecule has 0 saturated carbocycles. The standard InChI is InChI=1S/C25H35ClN6O2/c1-5-19(4)32(25(34)27-18(2)3)17-24(33)31-14-8-13-30(15-16-31)23-12-11-22(28-29-23)20-9-6-7-10-21(20)26/h6-7,9-12,18-19H,5,8,13-17H2,1-4H3,(H,27,34)/t19-/m0/s1. The van der Waals surface area contributed by atoms with Gasteiger partial charge in [-0.15, -0.1) is 10.2 Å². The highest BCUT2D eigenvalue weighted by Gasteiger charge is 2.26. The second-order valence-electron chi connectivity index (χ2n) is 8.97. The van der Waals surface area contributed by atoms with Crippen molar-refractivity contribution >= 4 is 29.4 Å². The zero-order valence-corrected chi connectivity index (χ0v) is 21.3. The van der Waals surface area contributed by atoms with Gasteiger partial charge in [-0.3, -0.25) is 4.79 Å². The van der Waals surface area contributed by atoms with Gasteiger partial charge >= 0.3 is 6.03 Å². The van der Waals surface area contributed by atoms with E-state index >= 15 is 0 Å². The van der Waals surface area contributed by atoms with E-state index in [0.29, 0.717) is 24.7 Å². The highest BCUT2D eigenvalue weighted by atomic mass is 35.5. The maximum atomic E-state index is 13.1. The number of anilines is 1. The third kappa shape index (κ3) is 6.59. The molecule has 0 unspecified atom stereocenters. The number of aromatic nitrogens is 2. The number of amides is 3. The van der Waals surface area contributed by atoms with Crippen LogP contribution in [0.2, 0.25) is 5.02 Å². The van der Waals surface area contributed by atoms with Gasteiger partial charge in [0.25, 0.3) is 0 Å². The summed E-state index contributed by atoms with van der Waals surface area (Å²) in [5.74, 6) is 0.754. The van der Waals surface area contributed by atoms with Gasteiger partial charge in [0.1, 0.15) is 6.54 Å². The highest BCUT2D eigenvalue weighted by Crippen LogP contribution is 2.26. The smallest absolute Gasteiger partial charge is 0.318 e. The van der Waals surface area contributed by atoms with Crippen LogP contribution < -0.4 is 10.2 Å². The van der Waals surface area contributed by atoms with Crippen LogP contribution in [0.25, 0.3) is 11.3 Å². The Balaban J connectivity index is 1.62. The van der Waals surface area contributed by atoms with Crippen LogP contribution in [0.1, 0.15) is 40.5 Å². The molecule has 8 nitrogen and oxygen atoms in total. The topological polar surface area (TPSA) is 81.7 Å². The average Bonchev–Trinajstić information content (AvgIpc) is 3.08. The number of hydrogen-bond acceptors (Lipinski definition) is 5. The molecule has 1 aromatic carbocycles. The molecule has 34 heavy (non-hydrogen) atoms. The summed E-state index contributed by atoms with van der Waals surface area (Å²) in [6, 6.07) is 11.3. The number of halogens is 1. The van der Waals surface area contributed by atoms with Gasteiger partial charge in [0.15, 0.2) is 5.82 Å². The predicted molar refractivity (Wildman–Crippen MR) is 136 cm³/mol. The highest BCUT2D eigenvalue weighted by molar-refractivity contribution is 6.33. The summed E-state index contributed by atoms with van der Waals surface area (Å²) in [6.45, 7) is 10.6. The van der Waals surface area contributed by atoms with E-state index in [4.69, 9.17) is 11.6 Å². The Kier molecular flexibility index (Phi) is 9.10. The molecule has 2 heterocycles. The molecule has 0 bridgehead atoms. The zero-order chi connectivity index (χ0) is 24.7. The lowest BCUT2D eigenvalue weighted by Gasteiger charge is -2.31. The van der Waals surface area contributed by atoms with Crippen molar-refractivity contribution in [1.82, 2.24) is 25.3 Å². The first-order chi connectivity index (χ1) is 16.3. The zero-order valence-electron chi connectivity index (χ0n) is 20.5. The molecule has 9 heteroatoms. The fourth-order valence-electron chi connectivity index (χ4n) is 3.93. The normalized spacial score (nSPS) is 15.1. The first-order valence-corrected chi connectivity index (χ1v) is 12.4. The molecule has 1 saturated heterocycles. The first kappa shape index (κ1) is 25.7. The van der Waals surface area contributed by atoms with Gasteiger partial charge in [0.2, 0.25) is 5.91 Å². The molecule has 0 aliphatic carbocycles. The Morgan fingerprint density at radius 2 is 1.82 bits per heavy atom. The summed E-state index contributed by atoms with van der Waals surface area (Å²) in [6.07, 6.45) is 1.61. The van der Waals surface area contributed by atoms with Crippen LogP contribution in [0.3, 0.4) is 0 Å². The molecule has 1 atom stereocenters. The van der Waals surface area contributed by atoms with Crippen LogP contribution >= 0.6 is 11.6 Å². The second-order valence-corrected chi connectivity index (χ2v) is 9.37. The molecule has 1 aliphatic rings. The van der Waals surface area contributed by atoms with Crippen molar-refractivity contribution in [3.05, 3.63) is 41.4 Å². The third-order valence-corrected chi connectivity index (χ3v) is 6.40. The van der Waals surface area contributed by atoms with Gasteiger partial charge in [-0.25, -0.2) is 4.79 Å². The lowest BCUT2D eigenvalue weighted by molar-refractivity contribution is -0.132. The minimum atomic E-state index is -0.192. The van der Waals surface area contributed by atoms with Gasteiger partial charge in [-0.1, -0.05) is 36.7 Å². The summed E-state index contributed by atoms with van der Waals surface area (Å²) >= 11 is 6.28. The number of benzene rings is 1. The largest absolute Gasteiger partial charge is 0.353 e. The molecule has 1 fully saturated rings. The second kappa shape index (κ2) is 12.0. The molecule has 0 spiro atoms. The molecule has 3 amide bonds. The van der Waals surface area contributed by atoms with Crippen LogP contribution in [0.5, 0.6) is 0 Å². The molecule has 1 aliphatic heterocycles. The minimum Gasteiger partial charge on any atom is -0.353 e. The number of nitrogens with zero attached hydrogens (tertiary/aromatic N) is 5. The lowest BCUT2D eigenvalue weighted by atomic mass is 10.1. The summed E-state index contributed by atoms with van der Waals surface area (Å²) in [5, 5.41) is 12.3. The fourth-order valence-corrected chi connectivity index (χ4v) is 4.16. The molecular weight excluding hydrogens is 452 g/mol. The fraction of sp³-hybridized carbons (Fsp3) is 0.520. The number of carbonyl (C=O) groups is 2. The summed E-state index contributed by atoms with van der Waals surface area (Å²) in [5.41, 5.74) is 1.58. The van der Waals surface area contributed by atoms with E-state index in [9.17, 15) is 9.59 Å². The third-order valence-electron chi connectivity index (χ3n) is 6.07. The maximum absolute atomic E-state index is 13.1. The Bertz CT molecular complexity index is 968. The summed E-state index contributed by atoms with van der Waals surface area (Å²) in [4.78, 5) is 31.4. The maximum Gasteiger partial charge on any atom is 0.318 e. The van der Waals surface area contributed by atoms with E-state index in [1.807, 2.05) is 69.0 Å². The van der Waals surface area contributed by atoms with Crippen molar-refractivity contribution in [2.75, 3.05) is 37.6 Å². The number of urea groups is 1. The van der Waals surface area contributed by atoms with Crippen LogP contribution in [0.4, 0.5) is 10.6 Å². The SMILES string of the molecule is CC[C@H](C)N(CC(=O)N1CCCN(c2ccc(-c3ccccc3Cl)nn2)CC1)C(=O)NC(C)C. The van der Waals surface area contributed by atoms with E-state index in [2.05, 4.69) is 20.4 Å². The summed E-state index contributed by atoms with van der Waals surface area (Å²) < 4.78 is 0. The Labute approximate surface area is 207 Å². The van der Waals surface area contributed by atoms with Gasteiger partial charge < -0.3 is 20.0 Å². The lowest BCUT2D eigenvalue weighted by Crippen LogP contribution is -2.51. The van der Waals surface area contributed by atoms with Gasteiger partial charge in [-0.2, -0.15) is 0 Å². The van der Waals surface area contributed by atoms with E-state index in [1.54, 1.807) is 4.90 Å². The van der Waals surface area contributed by atoms with E-state index < -0.39 is 0 Å². The first-order valence-electron chi connectivity index (χ1n) is 12.0. The average molecular weight is 487 g/mol. The quantitative estimate of drug-likeness (QED) is 0.638. The van der Waals surface area contributed by atoms with Crippen molar-refractivity contribution in [1.29, 1.82) is 0 Å². The number of nitrogens with one attached hydrogen (secondary N) is 1. The Morgan fingerprint density at radius 3 is 2.47 bits per heavy atom. The van der Waals surface area contributed by atoms with Crippen LogP contribution in [-0.4, -0.2) is 76.7 Å². The minimum absolute atomic E-state index is 0.0157. The molecule has 1 N–H and O–H groups in total. The predicted octanol–water partition coefficient (Wildman–Crippen LogP) is 4.05. The van der Waals surface area contributed by atoms with E-state index in [-0.39, 0.29) is 30.6 Å². The van der Waals surface area contributed by atoms with Crippen LogP contribution in [-0.2, 0) is 4.79 Å². The molecule has 2 aromatic rings. The van der Waals surface area contributed by atoms with Crippen molar-refractivity contribution in [2.24, 2.45) is 0 Å². The summed E-state index contributed by atoms with van der Waals surface area (Å²) in [7, 11) is 0. The van der Waals surface area contributed by atoms with Crippen LogP contribution in [0, 0.1) is 0 Å². The van der Waals surface area contributed by atoms with Crippen molar-refractivity contribution in [2.45, 2.75) is 52.6 Å². The van der Waals surface area contributed by atoms with Crippen LogP contribution in [0.15, 0.2) is 36.4 Å². The van der Waals surface area contributed by atoms with E-state index in [1.165, 1.54) is 0 Å². The van der Waals surface area contributed by atoms with E-state index in [0.717, 1.165) is 36.5 Å². The number of rotatable bonds is 7. The molecule has 3 rings (SSSR count). The Hall–Kier alpha value is -2.87. The van der Waals surface area contributed by atoms with Crippen molar-refractivity contribution in [3.63, 3.8) is 0 Å². The number of carbonyl (C=O) groups excluding carboxylic acids is 2. The number of hydrogen-bond donors (Lipinski definition) is 1. The molecule has 184 valence electrons. The molecule has 0 radical (unpaired) electrons. The van der Waals surface area contributed by atoms with Gasteiger partial charge in [0, 0.05) is 43.8 Å². The molecular formula is C25H35ClN6O2. The monoisotopic (exact) mass is 486 g/mol. The molecule has 1 aromatic heterocycles. The van der Waals surface area contributed by atoms with Crippen molar-refractivity contribution in [3.8, 4) is 11.3 Å².